The summed E-state index contributed by atoms with van der Waals surface area (Å²) in [5, 5.41) is 10.8. The lowest BCUT2D eigenvalue weighted by molar-refractivity contribution is 0.0533. The second kappa shape index (κ2) is 21.3. The quantitative estimate of drug-likeness (QED) is 0.180. The molecule has 10 atom stereocenters. The molecule has 0 aromatic rings. The van der Waals surface area contributed by atoms with Gasteiger partial charge in [0, 0.05) is 18.3 Å². The molecule has 0 spiro atoms. The maximum absolute atomic E-state index is 15.7. The lowest BCUT2D eigenvalue weighted by Gasteiger charge is -2.32. The highest BCUT2D eigenvalue weighted by Gasteiger charge is 2.33. The second-order valence-electron chi connectivity index (χ2n) is 13.1. The number of rotatable bonds is 12. The molecule has 0 aromatic heterocycles. The van der Waals surface area contributed by atoms with Gasteiger partial charge in [-0.1, -0.05) is 106 Å². The summed E-state index contributed by atoms with van der Waals surface area (Å²) in [6.07, 6.45) is 16.4. The fraction of sp³-hybridized carbons (Fsp3) is 0.789. The maximum atomic E-state index is 15.7. The van der Waals surface area contributed by atoms with Gasteiger partial charge < -0.3 is 9.84 Å². The predicted octanol–water partition coefficient (Wildman–Crippen LogP) is 11.8. The zero-order chi connectivity index (χ0) is 32.5. The van der Waals surface area contributed by atoms with E-state index in [2.05, 4.69) is 78.8 Å². The van der Waals surface area contributed by atoms with Crippen LogP contribution in [0.2, 0.25) is 0 Å². The van der Waals surface area contributed by atoms with Gasteiger partial charge in [-0.05, 0) is 87.7 Å². The fourth-order valence-corrected chi connectivity index (χ4v) is 6.06. The molecule has 0 saturated heterocycles. The normalized spacial score (nSPS) is 31.5. The first-order valence-corrected chi connectivity index (χ1v) is 17.2. The molecule has 1 rings (SSSR count). The molecule has 0 bridgehead atoms. The fourth-order valence-electron chi connectivity index (χ4n) is 6.06. The minimum absolute atomic E-state index is 0.0450. The largest absolute Gasteiger partial charge is 0.490 e. The summed E-state index contributed by atoms with van der Waals surface area (Å²) in [5.74, 6) is 1.88. The first-order chi connectivity index (χ1) is 19.8. The molecule has 1 aliphatic rings. The van der Waals surface area contributed by atoms with Gasteiger partial charge in [0.1, 0.15) is 17.9 Å². The van der Waals surface area contributed by atoms with Crippen LogP contribution in [0.5, 0.6) is 0 Å². The third-order valence-electron chi connectivity index (χ3n) is 9.29. The van der Waals surface area contributed by atoms with Gasteiger partial charge in [-0.2, -0.15) is 0 Å². The average molecular weight is 595 g/mol. The van der Waals surface area contributed by atoms with Crippen molar-refractivity contribution < 1.29 is 18.6 Å². The van der Waals surface area contributed by atoms with Crippen LogP contribution in [0.4, 0.5) is 8.78 Å². The van der Waals surface area contributed by atoms with Gasteiger partial charge in [0.15, 0.2) is 0 Å². The van der Waals surface area contributed by atoms with Gasteiger partial charge in [0.25, 0.3) is 0 Å². The molecule has 246 valence electrons. The molecule has 0 aromatic carbocycles. The van der Waals surface area contributed by atoms with Crippen molar-refractivity contribution in [1.29, 1.82) is 0 Å². The Morgan fingerprint density at radius 1 is 1.12 bits per heavy atom. The topological polar surface area (TPSA) is 29.5 Å². The zero-order valence-corrected chi connectivity index (χ0v) is 29.4. The smallest absolute Gasteiger partial charge is 0.125 e. The number of hydrogen-bond donors (Lipinski definition) is 1. The highest BCUT2D eigenvalue weighted by atomic mass is 19.1. The molecule has 0 aliphatic carbocycles. The Bertz CT molecular complexity index is 827. The maximum Gasteiger partial charge on any atom is 0.125 e. The van der Waals surface area contributed by atoms with Crippen LogP contribution in [-0.2, 0) is 4.74 Å². The molecule has 0 amide bonds. The molecule has 0 fully saturated rings. The third kappa shape index (κ3) is 14.4. The minimum atomic E-state index is -1.35. The molecule has 1 aliphatic heterocycles. The Labute approximate surface area is 260 Å². The number of allylic oxidation sites excluding steroid dienone is 5. The van der Waals surface area contributed by atoms with E-state index in [4.69, 9.17) is 4.74 Å². The summed E-state index contributed by atoms with van der Waals surface area (Å²) < 4.78 is 36.6. The number of halogens is 2. The summed E-state index contributed by atoms with van der Waals surface area (Å²) in [7, 11) is 0. The summed E-state index contributed by atoms with van der Waals surface area (Å²) in [4.78, 5) is 0. The van der Waals surface area contributed by atoms with Crippen LogP contribution in [-0.4, -0.2) is 29.2 Å². The Hall–Kier alpha value is -1.42. The van der Waals surface area contributed by atoms with Crippen LogP contribution in [0.25, 0.3) is 0 Å². The van der Waals surface area contributed by atoms with Crippen LogP contribution in [0.3, 0.4) is 0 Å². The van der Waals surface area contributed by atoms with Gasteiger partial charge in [-0.3, -0.25) is 0 Å². The highest BCUT2D eigenvalue weighted by molar-refractivity contribution is 5.19. The van der Waals surface area contributed by atoms with Crippen molar-refractivity contribution in [2.45, 2.75) is 158 Å². The molecule has 42 heavy (non-hydrogen) atoms. The molecule has 10 unspecified atom stereocenters. The van der Waals surface area contributed by atoms with Crippen molar-refractivity contribution in [1.82, 2.24) is 0 Å². The molecular formula is C38H68F2O2. The minimum Gasteiger partial charge on any atom is -0.490 e. The molecule has 0 saturated carbocycles. The Kier molecular flexibility index (Phi) is 20.6. The predicted molar refractivity (Wildman–Crippen MR) is 180 cm³/mol. The van der Waals surface area contributed by atoms with E-state index in [1.54, 1.807) is 6.92 Å². The number of alkyl halides is 2. The van der Waals surface area contributed by atoms with Crippen molar-refractivity contribution in [3.8, 4) is 0 Å². The van der Waals surface area contributed by atoms with E-state index in [1.165, 1.54) is 0 Å². The van der Waals surface area contributed by atoms with Crippen molar-refractivity contribution in [2.24, 2.45) is 35.5 Å². The summed E-state index contributed by atoms with van der Waals surface area (Å²) in [5.41, 5.74) is -0.252. The van der Waals surface area contributed by atoms with E-state index >= 15 is 4.39 Å². The van der Waals surface area contributed by atoms with Crippen molar-refractivity contribution in [3.05, 3.63) is 47.8 Å². The highest BCUT2D eigenvalue weighted by Crippen LogP contribution is 2.35. The third-order valence-corrected chi connectivity index (χ3v) is 9.29. The van der Waals surface area contributed by atoms with E-state index in [9.17, 15) is 9.50 Å². The van der Waals surface area contributed by atoms with Gasteiger partial charge in [0.05, 0.1) is 11.9 Å². The SMILES string of the molecule is CC.CC/C=C1/CC(O)CCC(C)(F)C(CCC)/C=C/C(C)C(/C(C)=C/C=C/C(C)CC(C)C(C)C(C)C(F)CC)O1. The molecular weight excluding hydrogens is 526 g/mol. The summed E-state index contributed by atoms with van der Waals surface area (Å²) in [6, 6.07) is 0. The average Bonchev–Trinajstić information content (AvgIpc) is 2.95. The molecule has 0 radical (unpaired) electrons. The standard InChI is InChI=1S/C36H62F2O2.C2H6/c1-11-15-31-20-19-27(6)35(40-33(16-12-2)24-32(39)21-22-36(31,10)38)26(5)18-14-17-25(4)23-28(7)29(8)30(9)34(37)13-3;1-2/h14,16-20,25,27-32,34-35,39H,11-13,15,21-24H2,1-10H3;1-2H3/b17-14+,20-19+,26-18+,33-16-;. The summed E-state index contributed by atoms with van der Waals surface area (Å²) in [6.45, 7) is 24.7. The molecule has 2 nitrogen and oxygen atoms in total. The Balaban J connectivity index is 0.00000821. The molecule has 4 heteroatoms. The molecule has 1 heterocycles. The van der Waals surface area contributed by atoms with Crippen LogP contribution < -0.4 is 0 Å². The van der Waals surface area contributed by atoms with Crippen molar-refractivity contribution in [3.63, 3.8) is 0 Å². The van der Waals surface area contributed by atoms with E-state index in [1.807, 2.05) is 33.8 Å². The lowest BCUT2D eigenvalue weighted by atomic mass is 9.78. The van der Waals surface area contributed by atoms with Gasteiger partial charge in [0.2, 0.25) is 0 Å². The number of ether oxygens (including phenoxy) is 1. The Morgan fingerprint density at radius 2 is 1.76 bits per heavy atom. The van der Waals surface area contributed by atoms with Crippen LogP contribution in [0.1, 0.15) is 134 Å². The van der Waals surface area contributed by atoms with Crippen LogP contribution in [0.15, 0.2) is 47.8 Å². The van der Waals surface area contributed by atoms with Crippen LogP contribution >= 0.6 is 0 Å². The van der Waals surface area contributed by atoms with Gasteiger partial charge in [-0.15, -0.1) is 0 Å². The second-order valence-corrected chi connectivity index (χ2v) is 13.1. The Morgan fingerprint density at radius 3 is 2.33 bits per heavy atom. The number of hydrogen-bond acceptors (Lipinski definition) is 2. The number of aliphatic hydroxyl groups excluding tert-OH is 1. The summed E-state index contributed by atoms with van der Waals surface area (Å²) >= 11 is 0. The zero-order valence-electron chi connectivity index (χ0n) is 29.4. The van der Waals surface area contributed by atoms with E-state index in [0.29, 0.717) is 43.4 Å². The first-order valence-electron chi connectivity index (χ1n) is 17.2. The van der Waals surface area contributed by atoms with Crippen LogP contribution in [0, 0.1) is 35.5 Å². The monoisotopic (exact) mass is 595 g/mol. The van der Waals surface area contributed by atoms with Gasteiger partial charge >= 0.3 is 0 Å². The van der Waals surface area contributed by atoms with E-state index < -0.39 is 17.9 Å². The van der Waals surface area contributed by atoms with Gasteiger partial charge in [-0.25, -0.2) is 8.78 Å². The van der Waals surface area contributed by atoms with E-state index in [-0.39, 0.29) is 23.9 Å². The van der Waals surface area contributed by atoms with Crippen molar-refractivity contribution in [2.75, 3.05) is 0 Å². The lowest BCUT2D eigenvalue weighted by Crippen LogP contribution is -2.31. The number of aliphatic hydroxyl groups is 1. The van der Waals surface area contributed by atoms with Crippen molar-refractivity contribution >= 4 is 0 Å². The first kappa shape index (κ1) is 40.6. The van der Waals surface area contributed by atoms with E-state index in [0.717, 1.165) is 37.0 Å². The molecule has 1 N–H and O–H groups in total.